The fraction of sp³-hybridized carbons (Fsp3) is 0.214. The van der Waals surface area contributed by atoms with E-state index in [0.717, 1.165) is 32.5 Å². The molecule has 0 radical (unpaired) electrons. The number of rotatable bonds is 4. The molecule has 0 unspecified atom stereocenters. The van der Waals surface area contributed by atoms with Crippen LogP contribution in [0.1, 0.15) is 15.9 Å². The first-order chi connectivity index (χ1) is 19.4. The number of aryl methyl sites for hydroxylation is 1. The largest absolute Gasteiger partial charge is 0.324 e. The van der Waals surface area contributed by atoms with Crippen LogP contribution in [-0.2, 0) is 20.8 Å². The minimum absolute atomic E-state index is 0.0389. The summed E-state index contributed by atoms with van der Waals surface area (Å²) in [6, 6.07) is 19.2. The SMILES string of the molecule is O=C1CSc2ccc(C(=O)CCl)cc2N1.O=C1CSc2ccc(CCCl)cc2N1.O=C1CSc2ccccc2N1. The molecule has 3 amide bonds. The second-order valence-corrected chi connectivity index (χ2v) is 12.2. The van der Waals surface area contributed by atoms with Gasteiger partial charge in [-0.2, -0.15) is 0 Å². The number of carbonyl (C=O) groups excluding carboxylic acids is 4. The number of benzene rings is 3. The van der Waals surface area contributed by atoms with Gasteiger partial charge in [-0.25, -0.2) is 0 Å². The van der Waals surface area contributed by atoms with E-state index in [0.29, 0.717) is 34.4 Å². The third kappa shape index (κ3) is 8.44. The van der Waals surface area contributed by atoms with E-state index < -0.39 is 0 Å². The number of halogens is 2. The molecule has 0 saturated carbocycles. The molecule has 3 aromatic carbocycles. The molecule has 0 spiro atoms. The molecule has 3 N–H and O–H groups in total. The van der Waals surface area contributed by atoms with E-state index in [-0.39, 0.29) is 29.4 Å². The monoisotopic (exact) mass is 633 g/mol. The highest BCUT2D eigenvalue weighted by Gasteiger charge is 2.17. The minimum Gasteiger partial charge on any atom is -0.324 e. The number of thioether (sulfide) groups is 3. The van der Waals surface area contributed by atoms with Gasteiger partial charge in [0.1, 0.15) is 0 Å². The van der Waals surface area contributed by atoms with Crippen LogP contribution < -0.4 is 16.0 Å². The lowest BCUT2D eigenvalue weighted by Crippen LogP contribution is -2.19. The standard InChI is InChI=1S/C10H8ClNO2S.C10H10ClNOS.C8H7NOS/c11-4-8(13)6-1-2-9-7(3-6)12-10(14)5-15-9;11-4-3-7-1-2-9-8(5-7)12-10(13)6-14-9;10-8-5-11-7-4-2-1-3-6(7)9-8/h1-3H,4-5H2,(H,12,14);1-2,5H,3-4,6H2,(H,12,13);1-4H,5H2,(H,9,10). The maximum absolute atomic E-state index is 11.3. The van der Waals surface area contributed by atoms with Gasteiger partial charge in [0.25, 0.3) is 0 Å². The zero-order valence-electron chi connectivity index (χ0n) is 21.1. The highest BCUT2D eigenvalue weighted by atomic mass is 35.5. The zero-order chi connectivity index (χ0) is 28.5. The van der Waals surface area contributed by atoms with E-state index in [1.54, 1.807) is 35.7 Å². The molecule has 0 bridgehead atoms. The van der Waals surface area contributed by atoms with Crippen molar-refractivity contribution < 1.29 is 19.2 Å². The lowest BCUT2D eigenvalue weighted by molar-refractivity contribution is -0.114. The molecule has 0 aromatic heterocycles. The molecule has 3 heterocycles. The van der Waals surface area contributed by atoms with Crippen LogP contribution in [0.5, 0.6) is 0 Å². The van der Waals surface area contributed by atoms with Crippen molar-refractivity contribution in [3.05, 3.63) is 71.8 Å². The number of alkyl halides is 2. The van der Waals surface area contributed by atoms with E-state index in [9.17, 15) is 19.2 Å². The van der Waals surface area contributed by atoms with Crippen LogP contribution >= 0.6 is 58.5 Å². The van der Waals surface area contributed by atoms with E-state index in [2.05, 4.69) is 22.0 Å². The topological polar surface area (TPSA) is 104 Å². The smallest absolute Gasteiger partial charge is 0.234 e. The van der Waals surface area contributed by atoms with Crippen molar-refractivity contribution in [3.63, 3.8) is 0 Å². The first-order valence-electron chi connectivity index (χ1n) is 12.2. The highest BCUT2D eigenvalue weighted by Crippen LogP contribution is 2.33. The number of ketones is 1. The third-order valence-corrected chi connectivity index (χ3v) is 9.29. The number of fused-ring (bicyclic) bond motifs is 3. The molecule has 12 heteroatoms. The molecule has 3 aromatic rings. The summed E-state index contributed by atoms with van der Waals surface area (Å²) in [5.74, 6) is 2.04. The van der Waals surface area contributed by atoms with E-state index in [1.165, 1.54) is 17.3 Å². The molecule has 0 fully saturated rings. The van der Waals surface area contributed by atoms with Crippen molar-refractivity contribution >= 4 is 99.1 Å². The van der Waals surface area contributed by atoms with Gasteiger partial charge in [0, 0.05) is 26.1 Å². The predicted molar refractivity (Wildman–Crippen MR) is 167 cm³/mol. The summed E-state index contributed by atoms with van der Waals surface area (Å²) in [5, 5.41) is 8.38. The van der Waals surface area contributed by atoms with Crippen LogP contribution in [0.15, 0.2) is 75.4 Å². The second kappa shape index (κ2) is 14.8. The van der Waals surface area contributed by atoms with Crippen LogP contribution in [0.4, 0.5) is 17.1 Å². The molecule has 40 heavy (non-hydrogen) atoms. The Balaban J connectivity index is 0.000000140. The Labute approximate surface area is 254 Å². The average Bonchev–Trinajstić information content (AvgIpc) is 2.97. The van der Waals surface area contributed by atoms with Gasteiger partial charge in [-0.15, -0.1) is 58.5 Å². The lowest BCUT2D eigenvalue weighted by atomic mass is 10.1. The maximum Gasteiger partial charge on any atom is 0.234 e. The van der Waals surface area contributed by atoms with Crippen molar-refractivity contribution in [2.24, 2.45) is 0 Å². The summed E-state index contributed by atoms with van der Waals surface area (Å²) in [6.45, 7) is 0. The number of hydrogen-bond acceptors (Lipinski definition) is 7. The van der Waals surface area contributed by atoms with Crippen LogP contribution in [0, 0.1) is 0 Å². The van der Waals surface area contributed by atoms with Crippen molar-refractivity contribution in [1.82, 2.24) is 0 Å². The molecule has 0 aliphatic carbocycles. The fourth-order valence-electron chi connectivity index (χ4n) is 3.75. The Hall–Kier alpha value is -2.63. The molecule has 208 valence electrons. The summed E-state index contributed by atoms with van der Waals surface area (Å²) in [6.07, 6.45) is 0.843. The van der Waals surface area contributed by atoms with Crippen molar-refractivity contribution in [2.75, 3.05) is 45.0 Å². The van der Waals surface area contributed by atoms with Crippen molar-refractivity contribution in [3.8, 4) is 0 Å². The lowest BCUT2D eigenvalue weighted by Gasteiger charge is -2.16. The average molecular weight is 635 g/mol. The molecule has 3 aliphatic rings. The fourth-order valence-corrected chi connectivity index (χ4v) is 6.51. The Bertz CT molecular complexity index is 1440. The zero-order valence-corrected chi connectivity index (χ0v) is 25.1. The van der Waals surface area contributed by atoms with Gasteiger partial charge < -0.3 is 16.0 Å². The molecule has 3 aliphatic heterocycles. The van der Waals surface area contributed by atoms with Crippen LogP contribution in [0.3, 0.4) is 0 Å². The Morgan fingerprint density at radius 2 is 1.20 bits per heavy atom. The number of hydrogen-bond donors (Lipinski definition) is 3. The van der Waals surface area contributed by atoms with Gasteiger partial charge in [-0.1, -0.05) is 24.3 Å². The summed E-state index contributed by atoms with van der Waals surface area (Å²) >= 11 is 15.7. The van der Waals surface area contributed by atoms with Crippen LogP contribution in [0.25, 0.3) is 0 Å². The van der Waals surface area contributed by atoms with Gasteiger partial charge >= 0.3 is 0 Å². The molecule has 0 saturated heterocycles. The Morgan fingerprint density at radius 1 is 0.675 bits per heavy atom. The van der Waals surface area contributed by atoms with Crippen molar-refractivity contribution in [1.29, 1.82) is 0 Å². The summed E-state index contributed by atoms with van der Waals surface area (Å²) < 4.78 is 0. The predicted octanol–water partition coefficient (Wildman–Crippen LogP) is 6.40. The first kappa shape index (κ1) is 30.3. The first-order valence-corrected chi connectivity index (χ1v) is 16.2. The minimum atomic E-state index is -0.135. The number of carbonyl (C=O) groups is 4. The van der Waals surface area contributed by atoms with E-state index in [4.69, 9.17) is 23.2 Å². The van der Waals surface area contributed by atoms with E-state index in [1.807, 2.05) is 42.5 Å². The second-order valence-electron chi connectivity index (χ2n) is 8.54. The number of nitrogens with one attached hydrogen (secondary N) is 3. The van der Waals surface area contributed by atoms with Gasteiger partial charge in [0.05, 0.1) is 40.2 Å². The molecular formula is C28H25Cl2N3O4S3. The Morgan fingerprint density at radius 3 is 1.80 bits per heavy atom. The normalized spacial score (nSPS) is 14.8. The quantitative estimate of drug-likeness (QED) is 0.226. The van der Waals surface area contributed by atoms with Crippen molar-refractivity contribution in [2.45, 2.75) is 21.1 Å². The van der Waals surface area contributed by atoms with Crippen LogP contribution in [-0.4, -0.2) is 52.5 Å². The number of anilines is 3. The summed E-state index contributed by atoms with van der Waals surface area (Å²) in [7, 11) is 0. The number of Topliss-reactive ketones (excluding diaryl/α,β-unsaturated/α-hetero) is 1. The number of para-hydroxylation sites is 1. The van der Waals surface area contributed by atoms with Crippen LogP contribution in [0.2, 0.25) is 0 Å². The summed E-state index contributed by atoms with van der Waals surface area (Å²) in [4.78, 5) is 47.8. The number of amides is 3. The third-order valence-electron chi connectivity index (χ3n) is 5.64. The van der Waals surface area contributed by atoms with Gasteiger partial charge in [0.15, 0.2) is 5.78 Å². The van der Waals surface area contributed by atoms with E-state index >= 15 is 0 Å². The van der Waals surface area contributed by atoms with Gasteiger partial charge in [-0.3, -0.25) is 19.2 Å². The Kier molecular flexibility index (Phi) is 11.3. The highest BCUT2D eigenvalue weighted by molar-refractivity contribution is 8.00. The van der Waals surface area contributed by atoms with Gasteiger partial charge in [0.2, 0.25) is 17.7 Å². The molecule has 0 atom stereocenters. The van der Waals surface area contributed by atoms with Gasteiger partial charge in [-0.05, 0) is 48.4 Å². The molecule has 7 nitrogen and oxygen atoms in total. The molecular weight excluding hydrogens is 609 g/mol. The maximum atomic E-state index is 11.3. The molecule has 6 rings (SSSR count). The summed E-state index contributed by atoms with van der Waals surface area (Å²) in [5.41, 5.74) is 4.27.